The summed E-state index contributed by atoms with van der Waals surface area (Å²) >= 11 is 7.58. The molecule has 0 N–H and O–H groups in total. The predicted octanol–water partition coefficient (Wildman–Crippen LogP) is 37.8. The molecular weight excluding hydrogens is 1770 g/mol. The van der Waals surface area contributed by atoms with E-state index in [1.54, 1.807) is 0 Å². The van der Waals surface area contributed by atoms with Crippen molar-refractivity contribution in [2.24, 2.45) is 0 Å². The first-order valence-corrected chi connectivity index (χ1v) is 52.1. The highest BCUT2D eigenvalue weighted by Crippen LogP contribution is 2.57. The standard InChI is InChI=1S/4C33H23NS/c1-33(2)26-12-6-3-9-21(26)25-19-20(15-17-27(25)33)34-28-13-7-4-11-24(28)31-29(34)18-16-23-22-10-5-8-14-30(22)35-32(23)31;1-33(2)26-12-6-3-9-21(26)25-19-20(15-17-27(25)33)34-28-13-7-4-10-22(28)23-16-18-30-31(32(23)34)24-11-5-8-14-29(24)35-30;1-33(2)27-12-6-3-9-21(27)24-17-20(15-16-28(24)33)34-29-13-7-4-10-22(29)25-18-26-23-11-5-8-14-31(23)35-32(26)19-30(25)34;1-33(2)25-12-6-3-9-21(25)24-19-20(15-16-26(24)33)34-27-13-7-4-10-22(27)31-28(34)17-18-30-32(31)23-11-5-8-14-29(23)35-30/h4*3-19H,1-2H3. The molecule has 0 atom stereocenters. The zero-order chi connectivity index (χ0) is 93.2. The fraction of sp³-hybridized carbons (Fsp3) is 0.0909. The van der Waals surface area contributed by atoms with Crippen LogP contribution in [-0.4, -0.2) is 18.3 Å². The van der Waals surface area contributed by atoms with Crippen molar-refractivity contribution in [1.29, 1.82) is 0 Å². The topological polar surface area (TPSA) is 19.7 Å². The lowest BCUT2D eigenvalue weighted by molar-refractivity contribution is 0.660. The molecular formula is C132H92N4S4. The lowest BCUT2D eigenvalue weighted by Gasteiger charge is -2.21. The van der Waals surface area contributed by atoms with Gasteiger partial charge in [-0.05, 0) is 222 Å². The van der Waals surface area contributed by atoms with Gasteiger partial charge in [-0.25, -0.2) is 0 Å². The quantitative estimate of drug-likeness (QED) is 0.167. The minimum atomic E-state index is 0.0160. The van der Waals surface area contributed by atoms with Gasteiger partial charge in [0.25, 0.3) is 0 Å². The third-order valence-electron chi connectivity index (χ3n) is 32.0. The maximum Gasteiger partial charge on any atom is 0.0634 e. The van der Waals surface area contributed by atoms with Crippen LogP contribution in [0.2, 0.25) is 0 Å². The fourth-order valence-electron chi connectivity index (χ4n) is 25.5. The van der Waals surface area contributed by atoms with Gasteiger partial charge in [-0.2, -0.15) is 0 Å². The first kappa shape index (κ1) is 81.6. The SMILES string of the molecule is CC1(C)c2ccccc2-c2cc(-n3c4ccccc4c4c5c(ccc43)sc3ccccc35)ccc21.CC1(C)c2ccccc2-c2cc(-n3c4ccccc4c4c5sc6ccccc6c5ccc43)ccc21.CC1(C)c2ccccc2-c2cc(-n3c4ccccc4c4cc5c(cc43)sc3ccccc35)ccc21.CC1(C)c2ccccc2-c2cc(-n3c4ccccc4c4ccc5sc6ccccc6c5c43)ccc21. The zero-order valence-corrected chi connectivity index (χ0v) is 81.9. The fourth-order valence-corrected chi connectivity index (χ4v) is 30.1. The Morgan fingerprint density at radius 2 is 0.464 bits per heavy atom. The van der Waals surface area contributed by atoms with Crippen molar-refractivity contribution < 1.29 is 0 Å². The Morgan fingerprint density at radius 3 is 0.943 bits per heavy atom. The molecule has 4 nitrogen and oxygen atoms in total. The van der Waals surface area contributed by atoms with Gasteiger partial charge in [0.15, 0.2) is 0 Å². The summed E-state index contributed by atoms with van der Waals surface area (Å²) in [6.07, 6.45) is 0. The van der Waals surface area contributed by atoms with Crippen LogP contribution in [0.25, 0.3) is 235 Å². The van der Waals surface area contributed by atoms with E-state index in [0.29, 0.717) is 0 Å². The average molecular weight is 1860 g/mol. The Labute approximate surface area is 826 Å². The van der Waals surface area contributed by atoms with E-state index >= 15 is 0 Å². The molecule has 0 fully saturated rings. The number of nitrogens with zero attached hydrogens (tertiary/aromatic N) is 4. The average Bonchev–Trinajstić information content (AvgIpc) is 1.56. The minimum Gasteiger partial charge on any atom is -0.309 e. The van der Waals surface area contributed by atoms with E-state index in [0.717, 1.165) is 0 Å². The summed E-state index contributed by atoms with van der Waals surface area (Å²) < 4.78 is 20.7. The number of rotatable bonds is 4. The van der Waals surface area contributed by atoms with E-state index < -0.39 is 0 Å². The molecule has 8 aromatic heterocycles. The molecule has 0 bridgehead atoms. The van der Waals surface area contributed by atoms with Crippen molar-refractivity contribution in [1.82, 2.24) is 18.3 Å². The van der Waals surface area contributed by atoms with E-state index in [9.17, 15) is 0 Å². The summed E-state index contributed by atoms with van der Waals surface area (Å²) in [4.78, 5) is 0. The van der Waals surface area contributed by atoms with Gasteiger partial charge in [0, 0.05) is 168 Å². The van der Waals surface area contributed by atoms with Crippen LogP contribution in [-0.2, 0) is 21.7 Å². The molecule has 0 radical (unpaired) electrons. The Bertz CT molecular complexity index is 10100. The molecule has 0 amide bonds. The second-order valence-corrected chi connectivity index (χ2v) is 45.1. The predicted molar refractivity (Wildman–Crippen MR) is 605 cm³/mol. The van der Waals surface area contributed by atoms with Crippen LogP contribution < -0.4 is 0 Å². The summed E-state index contributed by atoms with van der Waals surface area (Å²) in [5.74, 6) is 0. The smallest absolute Gasteiger partial charge is 0.0634 e. The van der Waals surface area contributed by atoms with Crippen LogP contribution in [0, 0.1) is 0 Å². The Hall–Kier alpha value is -15.5. The summed E-state index contributed by atoms with van der Waals surface area (Å²) in [7, 11) is 0. The molecule has 0 saturated carbocycles. The molecule has 0 unspecified atom stereocenters. The Kier molecular flexibility index (Phi) is 17.5. The maximum absolute atomic E-state index is 2.50. The second kappa shape index (κ2) is 30.0. The summed E-state index contributed by atoms with van der Waals surface area (Å²) in [6.45, 7) is 18.8. The van der Waals surface area contributed by atoms with E-state index in [1.165, 1.54) is 280 Å². The summed E-state index contributed by atoms with van der Waals surface area (Å²) in [6, 6.07) is 153. The van der Waals surface area contributed by atoms with Gasteiger partial charge in [0.1, 0.15) is 0 Å². The highest BCUT2D eigenvalue weighted by molar-refractivity contribution is 7.27. The Morgan fingerprint density at radius 1 is 0.157 bits per heavy atom. The second-order valence-electron chi connectivity index (χ2n) is 40.8. The number of hydrogen-bond acceptors (Lipinski definition) is 4. The molecule has 4 aliphatic rings. The molecule has 0 saturated heterocycles. The van der Waals surface area contributed by atoms with Gasteiger partial charge in [0.05, 0.1) is 44.1 Å². The Balaban J connectivity index is 0.0000000896. The number of benzene rings is 20. The summed E-state index contributed by atoms with van der Waals surface area (Å²) in [5, 5.41) is 21.4. The van der Waals surface area contributed by atoms with Crippen molar-refractivity contribution in [3.8, 4) is 67.3 Å². The number of hydrogen-bond donors (Lipinski definition) is 0. The maximum atomic E-state index is 2.50. The first-order valence-electron chi connectivity index (χ1n) is 48.8. The van der Waals surface area contributed by atoms with Gasteiger partial charge in [-0.3, -0.25) is 0 Å². The molecule has 8 heteroatoms. The highest BCUT2D eigenvalue weighted by Gasteiger charge is 2.41. The molecule has 32 rings (SSSR count). The van der Waals surface area contributed by atoms with Gasteiger partial charge in [-0.1, -0.05) is 334 Å². The first-order chi connectivity index (χ1) is 68.5. The van der Waals surface area contributed by atoms with E-state index in [1.807, 2.05) is 45.3 Å². The van der Waals surface area contributed by atoms with Crippen molar-refractivity contribution in [3.63, 3.8) is 0 Å². The molecule has 8 heterocycles. The molecule has 28 aromatic rings. The minimum absolute atomic E-state index is 0.0160. The number of thiophene rings is 4. The van der Waals surface area contributed by atoms with E-state index in [-0.39, 0.29) is 21.7 Å². The van der Waals surface area contributed by atoms with Crippen molar-refractivity contribution in [2.75, 3.05) is 0 Å². The largest absolute Gasteiger partial charge is 0.309 e. The van der Waals surface area contributed by atoms with Crippen LogP contribution in [0.15, 0.2) is 413 Å². The number of fused-ring (bicyclic) bond motifs is 39. The monoisotopic (exact) mass is 1860 g/mol. The zero-order valence-electron chi connectivity index (χ0n) is 78.7. The summed E-state index contributed by atoms with van der Waals surface area (Å²) in [5.41, 5.74) is 37.4. The van der Waals surface area contributed by atoms with Gasteiger partial charge < -0.3 is 18.3 Å². The van der Waals surface area contributed by atoms with E-state index in [4.69, 9.17) is 0 Å². The molecule has 20 aromatic carbocycles. The number of aromatic nitrogens is 4. The highest BCUT2D eigenvalue weighted by atomic mass is 32.1. The third kappa shape index (κ3) is 11.6. The third-order valence-corrected chi connectivity index (χ3v) is 36.6. The lowest BCUT2D eigenvalue weighted by atomic mass is 9.82. The van der Waals surface area contributed by atoms with Crippen LogP contribution in [0.3, 0.4) is 0 Å². The van der Waals surface area contributed by atoms with Gasteiger partial charge in [-0.15, -0.1) is 45.3 Å². The lowest BCUT2D eigenvalue weighted by Crippen LogP contribution is -2.14. The molecule has 0 spiro atoms. The molecule has 664 valence electrons. The van der Waals surface area contributed by atoms with Gasteiger partial charge >= 0.3 is 0 Å². The molecule has 4 aliphatic carbocycles. The van der Waals surface area contributed by atoms with E-state index in [2.05, 4.69) is 486 Å². The van der Waals surface area contributed by atoms with Crippen LogP contribution in [0.4, 0.5) is 0 Å². The normalized spacial score (nSPS) is 14.2. The molecule has 0 aliphatic heterocycles. The number of para-hydroxylation sites is 4. The van der Waals surface area contributed by atoms with Crippen LogP contribution in [0.5, 0.6) is 0 Å². The van der Waals surface area contributed by atoms with Crippen LogP contribution in [0.1, 0.15) is 99.9 Å². The van der Waals surface area contributed by atoms with Crippen molar-refractivity contribution in [2.45, 2.75) is 77.0 Å². The van der Waals surface area contributed by atoms with Crippen molar-refractivity contribution >= 4 is 213 Å². The van der Waals surface area contributed by atoms with Crippen LogP contribution >= 0.6 is 45.3 Å². The molecule has 140 heavy (non-hydrogen) atoms. The van der Waals surface area contributed by atoms with Gasteiger partial charge in [0.2, 0.25) is 0 Å². The van der Waals surface area contributed by atoms with Crippen molar-refractivity contribution in [3.05, 3.63) is 457 Å².